The van der Waals surface area contributed by atoms with E-state index in [2.05, 4.69) is 0 Å². The average Bonchev–Trinajstić information content (AvgIpc) is 2.47. The SMILES string of the molecule is CCOC1CCCN(C(=O)C2CC=CCC2C(=O)O)C1. The van der Waals surface area contributed by atoms with Crippen LogP contribution in [0, 0.1) is 11.8 Å². The van der Waals surface area contributed by atoms with E-state index in [9.17, 15) is 14.7 Å². The maximum atomic E-state index is 12.6. The Bertz CT molecular complexity index is 391. The smallest absolute Gasteiger partial charge is 0.307 e. The summed E-state index contributed by atoms with van der Waals surface area (Å²) in [6, 6.07) is 0. The van der Waals surface area contributed by atoms with Crippen molar-refractivity contribution >= 4 is 11.9 Å². The van der Waals surface area contributed by atoms with Crippen molar-refractivity contribution in [2.75, 3.05) is 19.7 Å². The molecule has 2 aliphatic rings. The number of likely N-dealkylation sites (tertiary alicyclic amines) is 1. The summed E-state index contributed by atoms with van der Waals surface area (Å²) in [5.74, 6) is -1.89. The van der Waals surface area contributed by atoms with Gasteiger partial charge in [0, 0.05) is 19.7 Å². The summed E-state index contributed by atoms with van der Waals surface area (Å²) in [6.07, 6.45) is 6.77. The van der Waals surface area contributed by atoms with Crippen molar-refractivity contribution in [2.24, 2.45) is 11.8 Å². The standard InChI is InChI=1S/C15H23NO4/c1-2-20-11-6-5-9-16(10-11)14(17)12-7-3-4-8-13(12)15(18)19/h3-4,11-13H,2,5-10H2,1H3,(H,18,19). The van der Waals surface area contributed by atoms with Gasteiger partial charge in [-0.25, -0.2) is 0 Å². The van der Waals surface area contributed by atoms with Gasteiger partial charge < -0.3 is 14.7 Å². The molecular weight excluding hydrogens is 258 g/mol. The van der Waals surface area contributed by atoms with Crippen LogP contribution in [0.15, 0.2) is 12.2 Å². The molecule has 0 saturated carbocycles. The second kappa shape index (κ2) is 6.88. The molecule has 5 heteroatoms. The lowest BCUT2D eigenvalue weighted by Gasteiger charge is -2.36. The van der Waals surface area contributed by atoms with Crippen molar-refractivity contribution in [2.45, 2.75) is 38.7 Å². The van der Waals surface area contributed by atoms with E-state index in [4.69, 9.17) is 4.74 Å². The number of rotatable bonds is 4. The Morgan fingerprint density at radius 2 is 2.00 bits per heavy atom. The Balaban J connectivity index is 2.02. The van der Waals surface area contributed by atoms with Gasteiger partial charge in [0.1, 0.15) is 0 Å². The van der Waals surface area contributed by atoms with Gasteiger partial charge in [0.2, 0.25) is 5.91 Å². The number of carboxylic acid groups (broad SMARTS) is 1. The lowest BCUT2D eigenvalue weighted by atomic mass is 9.81. The number of hydrogen-bond donors (Lipinski definition) is 1. The minimum absolute atomic E-state index is 0.0221. The lowest BCUT2D eigenvalue weighted by molar-refractivity contribution is -0.152. The van der Waals surface area contributed by atoms with E-state index in [1.807, 2.05) is 19.1 Å². The van der Waals surface area contributed by atoms with Crippen LogP contribution < -0.4 is 0 Å². The van der Waals surface area contributed by atoms with Gasteiger partial charge in [-0.1, -0.05) is 12.2 Å². The zero-order chi connectivity index (χ0) is 14.5. The number of carboxylic acids is 1. The second-order valence-corrected chi connectivity index (χ2v) is 5.50. The predicted molar refractivity (Wildman–Crippen MR) is 74.2 cm³/mol. The minimum Gasteiger partial charge on any atom is -0.481 e. The average molecular weight is 281 g/mol. The van der Waals surface area contributed by atoms with Gasteiger partial charge in [0.05, 0.1) is 17.9 Å². The van der Waals surface area contributed by atoms with Gasteiger partial charge in [0.15, 0.2) is 0 Å². The maximum Gasteiger partial charge on any atom is 0.307 e. The molecule has 0 bridgehead atoms. The Labute approximate surface area is 119 Å². The van der Waals surface area contributed by atoms with E-state index in [1.54, 1.807) is 4.90 Å². The molecule has 0 aromatic rings. The first-order chi connectivity index (χ1) is 9.63. The summed E-state index contributed by atoms with van der Waals surface area (Å²) in [4.78, 5) is 25.7. The van der Waals surface area contributed by atoms with Gasteiger partial charge in [-0.2, -0.15) is 0 Å². The quantitative estimate of drug-likeness (QED) is 0.796. The van der Waals surface area contributed by atoms with Crippen molar-refractivity contribution in [1.82, 2.24) is 4.90 Å². The molecule has 112 valence electrons. The minimum atomic E-state index is -0.869. The van der Waals surface area contributed by atoms with E-state index in [1.165, 1.54) is 0 Å². The molecule has 1 heterocycles. The molecule has 0 aromatic heterocycles. The molecule has 1 N–H and O–H groups in total. The third-order valence-electron chi connectivity index (χ3n) is 4.16. The number of aliphatic carboxylic acids is 1. The highest BCUT2D eigenvalue weighted by atomic mass is 16.5. The molecule has 2 rings (SSSR count). The van der Waals surface area contributed by atoms with Crippen molar-refractivity contribution in [3.63, 3.8) is 0 Å². The molecule has 1 fully saturated rings. The molecule has 3 unspecified atom stereocenters. The molecule has 1 amide bonds. The second-order valence-electron chi connectivity index (χ2n) is 5.50. The third kappa shape index (κ3) is 3.39. The number of ether oxygens (including phenoxy) is 1. The topological polar surface area (TPSA) is 66.8 Å². The van der Waals surface area contributed by atoms with E-state index >= 15 is 0 Å². The summed E-state index contributed by atoms with van der Waals surface area (Å²) >= 11 is 0. The Kier molecular flexibility index (Phi) is 5.17. The van der Waals surface area contributed by atoms with E-state index in [-0.39, 0.29) is 12.0 Å². The first kappa shape index (κ1) is 15.0. The zero-order valence-corrected chi connectivity index (χ0v) is 12.0. The van der Waals surface area contributed by atoms with Gasteiger partial charge in [-0.05, 0) is 32.6 Å². The van der Waals surface area contributed by atoms with E-state index < -0.39 is 17.8 Å². The van der Waals surface area contributed by atoms with Crippen LogP contribution in [0.2, 0.25) is 0 Å². The number of hydrogen-bond acceptors (Lipinski definition) is 3. The molecule has 20 heavy (non-hydrogen) atoms. The molecule has 1 aliphatic heterocycles. The largest absolute Gasteiger partial charge is 0.481 e. The summed E-state index contributed by atoms with van der Waals surface area (Å²) in [5, 5.41) is 9.26. The van der Waals surface area contributed by atoms with Crippen molar-refractivity contribution < 1.29 is 19.4 Å². The molecule has 5 nitrogen and oxygen atoms in total. The van der Waals surface area contributed by atoms with Crippen molar-refractivity contribution in [3.05, 3.63) is 12.2 Å². The highest BCUT2D eigenvalue weighted by molar-refractivity contribution is 5.85. The van der Waals surface area contributed by atoms with Crippen LogP contribution in [0.25, 0.3) is 0 Å². The van der Waals surface area contributed by atoms with Crippen LogP contribution in [0.5, 0.6) is 0 Å². The fourth-order valence-corrected chi connectivity index (χ4v) is 3.10. The van der Waals surface area contributed by atoms with Gasteiger partial charge >= 0.3 is 5.97 Å². The van der Waals surface area contributed by atoms with E-state index in [0.29, 0.717) is 26.0 Å². The molecule has 0 spiro atoms. The highest BCUT2D eigenvalue weighted by Gasteiger charge is 2.37. The number of carbonyl (C=O) groups excluding carboxylic acids is 1. The zero-order valence-electron chi connectivity index (χ0n) is 12.0. The lowest BCUT2D eigenvalue weighted by Crippen LogP contribution is -2.48. The number of nitrogens with zero attached hydrogens (tertiary/aromatic N) is 1. The fraction of sp³-hybridized carbons (Fsp3) is 0.733. The van der Waals surface area contributed by atoms with Gasteiger partial charge in [-0.3, -0.25) is 9.59 Å². The molecule has 3 atom stereocenters. The first-order valence-corrected chi connectivity index (χ1v) is 7.41. The van der Waals surface area contributed by atoms with Crippen LogP contribution in [-0.2, 0) is 14.3 Å². The van der Waals surface area contributed by atoms with Gasteiger partial charge in [0.25, 0.3) is 0 Å². The van der Waals surface area contributed by atoms with Crippen LogP contribution in [0.1, 0.15) is 32.6 Å². The molecular formula is C15H23NO4. The Hall–Kier alpha value is -1.36. The predicted octanol–water partition coefficient (Wildman–Crippen LogP) is 1.68. The Morgan fingerprint density at radius 3 is 2.65 bits per heavy atom. The molecule has 0 aromatic carbocycles. The number of allylic oxidation sites excluding steroid dienone is 2. The summed E-state index contributed by atoms with van der Waals surface area (Å²) < 4.78 is 5.60. The molecule has 0 radical (unpaired) electrons. The Morgan fingerprint density at radius 1 is 1.30 bits per heavy atom. The van der Waals surface area contributed by atoms with Gasteiger partial charge in [-0.15, -0.1) is 0 Å². The third-order valence-corrected chi connectivity index (χ3v) is 4.16. The fourth-order valence-electron chi connectivity index (χ4n) is 3.10. The van der Waals surface area contributed by atoms with Crippen LogP contribution in [-0.4, -0.2) is 47.7 Å². The monoisotopic (exact) mass is 281 g/mol. The van der Waals surface area contributed by atoms with Crippen LogP contribution >= 0.6 is 0 Å². The first-order valence-electron chi connectivity index (χ1n) is 7.41. The highest BCUT2D eigenvalue weighted by Crippen LogP contribution is 2.29. The number of carbonyl (C=O) groups is 2. The van der Waals surface area contributed by atoms with Crippen molar-refractivity contribution in [1.29, 1.82) is 0 Å². The number of piperidine rings is 1. The maximum absolute atomic E-state index is 12.6. The molecule has 1 saturated heterocycles. The van der Waals surface area contributed by atoms with Crippen LogP contribution in [0.3, 0.4) is 0 Å². The van der Waals surface area contributed by atoms with Crippen molar-refractivity contribution in [3.8, 4) is 0 Å². The number of amides is 1. The van der Waals surface area contributed by atoms with E-state index in [0.717, 1.165) is 19.4 Å². The summed E-state index contributed by atoms with van der Waals surface area (Å²) in [7, 11) is 0. The molecule has 1 aliphatic carbocycles. The van der Waals surface area contributed by atoms with Crippen LogP contribution in [0.4, 0.5) is 0 Å². The summed E-state index contributed by atoms with van der Waals surface area (Å²) in [6.45, 7) is 3.91. The summed E-state index contributed by atoms with van der Waals surface area (Å²) in [5.41, 5.74) is 0. The normalized spacial score (nSPS) is 30.2.